The number of anilines is 1. The molecule has 0 amide bonds. The van der Waals surface area contributed by atoms with E-state index < -0.39 is 0 Å². The Morgan fingerprint density at radius 1 is 1.05 bits per heavy atom. The van der Waals surface area contributed by atoms with Gasteiger partial charge in [0.05, 0.1) is 18.2 Å². The van der Waals surface area contributed by atoms with Crippen molar-refractivity contribution in [1.29, 1.82) is 0 Å². The first-order valence-corrected chi connectivity index (χ1v) is 8.25. The predicted molar refractivity (Wildman–Crippen MR) is 83.6 cm³/mol. The van der Waals surface area contributed by atoms with Gasteiger partial charge in [-0.2, -0.15) is 0 Å². The zero-order valence-corrected chi connectivity index (χ0v) is 12.6. The highest BCUT2D eigenvalue weighted by Gasteiger charge is 2.40. The lowest BCUT2D eigenvalue weighted by Gasteiger charge is -2.38. The number of ether oxygens (including phenoxy) is 2. The molecule has 4 heterocycles. The van der Waals surface area contributed by atoms with Gasteiger partial charge in [0.25, 0.3) is 0 Å². The molecule has 0 bridgehead atoms. The van der Waals surface area contributed by atoms with Gasteiger partial charge in [0.15, 0.2) is 5.79 Å². The van der Waals surface area contributed by atoms with Crippen molar-refractivity contribution in [1.82, 2.24) is 4.98 Å². The Morgan fingerprint density at radius 3 is 2.48 bits per heavy atom. The van der Waals surface area contributed by atoms with Crippen LogP contribution in [0.1, 0.15) is 12.8 Å². The smallest absolute Gasteiger partial charge is 0.171 e. The van der Waals surface area contributed by atoms with E-state index in [1.807, 2.05) is 12.4 Å². The van der Waals surface area contributed by atoms with Crippen LogP contribution in [0, 0.1) is 0 Å². The minimum Gasteiger partial charge on any atom is -0.363 e. The average Bonchev–Trinajstić information content (AvgIpc) is 3.19. The minimum atomic E-state index is -0.301. The number of rotatable bonds is 2. The Morgan fingerprint density at radius 2 is 1.76 bits per heavy atom. The van der Waals surface area contributed by atoms with E-state index in [1.165, 1.54) is 16.1 Å². The summed E-state index contributed by atoms with van der Waals surface area (Å²) < 4.78 is 11.6. The lowest BCUT2D eigenvalue weighted by atomic mass is 10.0. The first kappa shape index (κ1) is 13.2. The van der Waals surface area contributed by atoms with Gasteiger partial charge < -0.3 is 14.4 Å². The van der Waals surface area contributed by atoms with Crippen LogP contribution in [-0.4, -0.2) is 37.1 Å². The molecule has 4 rings (SSSR count). The van der Waals surface area contributed by atoms with Gasteiger partial charge in [0.1, 0.15) is 0 Å². The highest BCUT2D eigenvalue weighted by atomic mass is 32.1. The monoisotopic (exact) mass is 302 g/mol. The van der Waals surface area contributed by atoms with E-state index in [4.69, 9.17) is 9.47 Å². The van der Waals surface area contributed by atoms with Crippen LogP contribution >= 0.6 is 11.3 Å². The molecule has 5 heteroatoms. The summed E-state index contributed by atoms with van der Waals surface area (Å²) in [6.07, 6.45) is 5.59. The fourth-order valence-corrected chi connectivity index (χ4v) is 4.11. The Labute approximate surface area is 128 Å². The molecule has 0 aromatic carbocycles. The third-order valence-electron chi connectivity index (χ3n) is 4.26. The van der Waals surface area contributed by atoms with Crippen molar-refractivity contribution in [3.8, 4) is 11.1 Å². The fourth-order valence-electron chi connectivity index (χ4n) is 3.13. The van der Waals surface area contributed by atoms with E-state index in [0.717, 1.165) is 39.1 Å². The maximum atomic E-state index is 5.81. The molecule has 2 aromatic heterocycles. The van der Waals surface area contributed by atoms with Crippen LogP contribution < -0.4 is 4.90 Å². The van der Waals surface area contributed by atoms with Crippen LogP contribution in [0.4, 0.5) is 5.00 Å². The Kier molecular flexibility index (Phi) is 3.41. The Balaban J connectivity index is 1.55. The normalized spacial score (nSPS) is 21.0. The SMILES string of the molecule is c1cc(-c2ccsc2N2CCC3(CC2)OCCO3)ccn1. The van der Waals surface area contributed by atoms with E-state index >= 15 is 0 Å². The second kappa shape index (κ2) is 5.40. The highest BCUT2D eigenvalue weighted by molar-refractivity contribution is 7.14. The maximum Gasteiger partial charge on any atom is 0.171 e. The summed E-state index contributed by atoms with van der Waals surface area (Å²) in [5.41, 5.74) is 2.53. The van der Waals surface area contributed by atoms with Crippen molar-refractivity contribution < 1.29 is 9.47 Å². The Bertz CT molecular complexity index is 598. The number of pyridine rings is 1. The molecule has 1 spiro atoms. The van der Waals surface area contributed by atoms with Crippen molar-refractivity contribution >= 4 is 16.3 Å². The molecule has 21 heavy (non-hydrogen) atoms. The zero-order chi connectivity index (χ0) is 14.1. The van der Waals surface area contributed by atoms with Crippen LogP contribution in [0.3, 0.4) is 0 Å². The quantitative estimate of drug-likeness (QED) is 0.853. The molecule has 4 nitrogen and oxygen atoms in total. The van der Waals surface area contributed by atoms with Gasteiger partial charge in [-0.3, -0.25) is 4.98 Å². The molecule has 110 valence electrons. The van der Waals surface area contributed by atoms with Gasteiger partial charge in [-0.15, -0.1) is 11.3 Å². The summed E-state index contributed by atoms with van der Waals surface area (Å²) >= 11 is 1.81. The number of thiophene rings is 1. The molecule has 2 aromatic rings. The van der Waals surface area contributed by atoms with E-state index in [0.29, 0.717) is 0 Å². The third kappa shape index (κ3) is 2.46. The standard InChI is InChI=1S/C16H18N2O2S/c1-6-17-7-2-13(1)14-3-12-21-15(14)18-8-4-16(5-9-18)19-10-11-20-16/h1-3,6-7,12H,4-5,8-11H2. The predicted octanol–water partition coefficient (Wildman–Crippen LogP) is 3.15. The summed E-state index contributed by atoms with van der Waals surface area (Å²) in [6.45, 7) is 3.44. The third-order valence-corrected chi connectivity index (χ3v) is 5.24. The molecule has 0 radical (unpaired) electrons. The average molecular weight is 302 g/mol. The van der Waals surface area contributed by atoms with E-state index in [9.17, 15) is 0 Å². The van der Waals surface area contributed by atoms with Gasteiger partial charge in [-0.05, 0) is 29.1 Å². The fraction of sp³-hybridized carbons (Fsp3) is 0.438. The number of nitrogens with zero attached hydrogens (tertiary/aromatic N) is 2. The van der Waals surface area contributed by atoms with Gasteiger partial charge >= 0.3 is 0 Å². The minimum absolute atomic E-state index is 0.301. The molecule has 2 aliphatic rings. The molecule has 0 N–H and O–H groups in total. The van der Waals surface area contributed by atoms with Gasteiger partial charge in [0, 0.05) is 43.9 Å². The summed E-state index contributed by atoms with van der Waals surface area (Å²) in [7, 11) is 0. The van der Waals surface area contributed by atoms with Crippen LogP contribution in [0.5, 0.6) is 0 Å². The Hall–Kier alpha value is -1.43. The van der Waals surface area contributed by atoms with Crippen LogP contribution in [0.2, 0.25) is 0 Å². The molecule has 0 saturated carbocycles. The van der Waals surface area contributed by atoms with Crippen molar-refractivity contribution in [2.45, 2.75) is 18.6 Å². The second-order valence-electron chi connectivity index (χ2n) is 5.47. The number of piperidine rings is 1. The molecule has 2 fully saturated rings. The molecular weight excluding hydrogens is 284 g/mol. The van der Waals surface area contributed by atoms with Crippen LogP contribution in [0.15, 0.2) is 36.0 Å². The largest absolute Gasteiger partial charge is 0.363 e. The van der Waals surface area contributed by atoms with Crippen LogP contribution in [0.25, 0.3) is 11.1 Å². The molecule has 0 unspecified atom stereocenters. The van der Waals surface area contributed by atoms with Gasteiger partial charge in [-0.1, -0.05) is 0 Å². The lowest BCUT2D eigenvalue weighted by Crippen LogP contribution is -2.45. The van der Waals surface area contributed by atoms with Crippen molar-refractivity contribution in [3.05, 3.63) is 36.0 Å². The van der Waals surface area contributed by atoms with Crippen molar-refractivity contribution in [2.24, 2.45) is 0 Å². The zero-order valence-electron chi connectivity index (χ0n) is 11.8. The first-order chi connectivity index (χ1) is 10.4. The van der Waals surface area contributed by atoms with Gasteiger partial charge in [0.2, 0.25) is 0 Å². The topological polar surface area (TPSA) is 34.6 Å². The number of hydrogen-bond donors (Lipinski definition) is 0. The van der Waals surface area contributed by atoms with Gasteiger partial charge in [-0.25, -0.2) is 0 Å². The number of hydrogen-bond acceptors (Lipinski definition) is 5. The summed E-state index contributed by atoms with van der Waals surface area (Å²) in [5, 5.41) is 3.51. The summed E-state index contributed by atoms with van der Waals surface area (Å²) in [4.78, 5) is 6.56. The summed E-state index contributed by atoms with van der Waals surface area (Å²) in [6, 6.07) is 6.34. The molecule has 2 aliphatic heterocycles. The molecule has 0 atom stereocenters. The highest BCUT2D eigenvalue weighted by Crippen LogP contribution is 2.40. The molecular formula is C16H18N2O2S. The summed E-state index contributed by atoms with van der Waals surface area (Å²) in [5.74, 6) is -0.301. The van der Waals surface area contributed by atoms with Crippen molar-refractivity contribution in [3.63, 3.8) is 0 Å². The first-order valence-electron chi connectivity index (χ1n) is 7.37. The van der Waals surface area contributed by atoms with Crippen LogP contribution in [-0.2, 0) is 9.47 Å². The number of aromatic nitrogens is 1. The molecule has 2 saturated heterocycles. The van der Waals surface area contributed by atoms with E-state index in [2.05, 4.69) is 33.5 Å². The molecule has 0 aliphatic carbocycles. The van der Waals surface area contributed by atoms with E-state index in [-0.39, 0.29) is 5.79 Å². The van der Waals surface area contributed by atoms with Crippen molar-refractivity contribution in [2.75, 3.05) is 31.2 Å². The lowest BCUT2D eigenvalue weighted by molar-refractivity contribution is -0.169. The maximum absolute atomic E-state index is 5.81. The van der Waals surface area contributed by atoms with E-state index in [1.54, 1.807) is 11.3 Å². The second-order valence-corrected chi connectivity index (χ2v) is 6.36.